The fourth-order valence-electron chi connectivity index (χ4n) is 4.78. The van der Waals surface area contributed by atoms with Crippen LogP contribution in [0.2, 0.25) is 0 Å². The van der Waals surface area contributed by atoms with Gasteiger partial charge in [0, 0.05) is 54.4 Å². The molecule has 3 aromatic heterocycles. The molecule has 1 aromatic carbocycles. The molecule has 0 bridgehead atoms. The first-order chi connectivity index (χ1) is 17.0. The lowest BCUT2D eigenvalue weighted by Gasteiger charge is -2.32. The zero-order chi connectivity index (χ0) is 24.4. The first-order valence-corrected chi connectivity index (χ1v) is 11.9. The average molecular weight is 472 g/mol. The van der Waals surface area contributed by atoms with Gasteiger partial charge in [-0.15, -0.1) is 10.2 Å². The number of unbranched alkanes of at least 4 members (excludes halogenated alkanes) is 1. The molecule has 35 heavy (non-hydrogen) atoms. The summed E-state index contributed by atoms with van der Waals surface area (Å²) in [6, 6.07) is 8.12. The monoisotopic (exact) mass is 471 g/mol. The number of aryl methyl sites for hydroxylation is 3. The maximum atomic E-state index is 13.9. The number of tetrazole rings is 1. The van der Waals surface area contributed by atoms with Crippen LogP contribution in [0.3, 0.4) is 0 Å². The highest BCUT2D eigenvalue weighted by atomic mass is 16.1. The molecule has 1 aliphatic heterocycles. The van der Waals surface area contributed by atoms with E-state index in [4.69, 9.17) is 0 Å². The van der Waals surface area contributed by atoms with Crippen LogP contribution in [0.4, 0.5) is 0 Å². The van der Waals surface area contributed by atoms with Crippen LogP contribution in [0.1, 0.15) is 43.0 Å². The summed E-state index contributed by atoms with van der Waals surface area (Å²) in [4.78, 5) is 18.2. The minimum atomic E-state index is -0.444. The summed E-state index contributed by atoms with van der Waals surface area (Å²) in [5.41, 5.74) is 3.41. The van der Waals surface area contributed by atoms with Gasteiger partial charge in [-0.05, 0) is 43.0 Å². The number of benzene rings is 1. The van der Waals surface area contributed by atoms with E-state index < -0.39 is 5.41 Å². The number of aromatic amines is 1. The van der Waals surface area contributed by atoms with Crippen LogP contribution in [0.15, 0.2) is 58.7 Å². The summed E-state index contributed by atoms with van der Waals surface area (Å²) in [6.45, 7) is 4.63. The van der Waals surface area contributed by atoms with E-state index in [-0.39, 0.29) is 5.69 Å². The highest BCUT2D eigenvalue weighted by Crippen LogP contribution is 2.35. The number of allylic oxidation sites excluding steroid dienone is 1. The zero-order valence-corrected chi connectivity index (χ0v) is 20.2. The Morgan fingerprint density at radius 1 is 1.26 bits per heavy atom. The van der Waals surface area contributed by atoms with Gasteiger partial charge in [-0.3, -0.25) is 18.8 Å². The van der Waals surface area contributed by atoms with Crippen molar-refractivity contribution in [1.82, 2.24) is 39.5 Å². The van der Waals surface area contributed by atoms with E-state index in [1.165, 1.54) is 0 Å². The van der Waals surface area contributed by atoms with Crippen molar-refractivity contribution < 1.29 is 0 Å². The molecule has 4 aromatic rings. The van der Waals surface area contributed by atoms with E-state index >= 15 is 0 Å². The van der Waals surface area contributed by atoms with Gasteiger partial charge in [0.2, 0.25) is 5.82 Å². The minimum absolute atomic E-state index is 0.0626. The van der Waals surface area contributed by atoms with Crippen molar-refractivity contribution in [3.63, 3.8) is 0 Å². The number of aliphatic imine (C=N–C) groups is 1. The van der Waals surface area contributed by atoms with Gasteiger partial charge in [0.05, 0.1) is 6.20 Å². The summed E-state index contributed by atoms with van der Waals surface area (Å²) in [5, 5.41) is 18.8. The number of hydrogen-bond acceptors (Lipinski definition) is 6. The van der Waals surface area contributed by atoms with E-state index in [1.54, 1.807) is 15.4 Å². The molecule has 0 aliphatic carbocycles. The molecule has 4 heterocycles. The zero-order valence-electron chi connectivity index (χ0n) is 20.2. The van der Waals surface area contributed by atoms with Crippen LogP contribution in [0.25, 0.3) is 17.2 Å². The highest BCUT2D eigenvalue weighted by molar-refractivity contribution is 5.65. The lowest BCUT2D eigenvalue weighted by atomic mass is 9.76. The molecule has 5 rings (SSSR count). The van der Waals surface area contributed by atoms with E-state index in [1.807, 2.05) is 49.3 Å². The number of nitrogens with one attached hydrogen (secondary N) is 1. The third kappa shape index (κ3) is 4.16. The van der Waals surface area contributed by atoms with Gasteiger partial charge in [-0.25, -0.2) is 4.79 Å². The maximum Gasteiger partial charge on any atom is 0.334 e. The Morgan fingerprint density at radius 3 is 2.83 bits per heavy atom. The first kappa shape index (κ1) is 22.7. The summed E-state index contributed by atoms with van der Waals surface area (Å²) in [7, 11) is 1.86. The standard InChI is InChI=1S/C25H29N9O/c1-4-5-9-21-16-33(23-18(2)15-27-32(23)3)24(35)34(21)17-25(10-12-26-13-11-25)20-8-6-7-19(14-20)22-28-30-31-29-22/h6-8,10,12-16H,4-5,9,11,17H2,1-3H3,(H,28,29,30,31). The van der Waals surface area contributed by atoms with Crippen molar-refractivity contribution in [2.75, 3.05) is 0 Å². The van der Waals surface area contributed by atoms with Crippen molar-refractivity contribution in [2.45, 2.75) is 51.5 Å². The predicted octanol–water partition coefficient (Wildman–Crippen LogP) is 3.13. The van der Waals surface area contributed by atoms with Gasteiger partial charge in [-0.2, -0.15) is 10.3 Å². The van der Waals surface area contributed by atoms with Gasteiger partial charge < -0.3 is 0 Å². The lowest BCUT2D eigenvalue weighted by Crippen LogP contribution is -2.37. The molecule has 10 heteroatoms. The Labute approximate surface area is 203 Å². The van der Waals surface area contributed by atoms with Gasteiger partial charge >= 0.3 is 5.69 Å². The van der Waals surface area contributed by atoms with Crippen molar-refractivity contribution in [1.29, 1.82) is 0 Å². The number of rotatable bonds is 8. The second-order valence-electron chi connectivity index (χ2n) is 9.06. The molecule has 0 radical (unpaired) electrons. The summed E-state index contributed by atoms with van der Waals surface area (Å²) in [5.74, 6) is 1.33. The van der Waals surface area contributed by atoms with Crippen LogP contribution in [-0.2, 0) is 25.4 Å². The predicted molar refractivity (Wildman–Crippen MR) is 134 cm³/mol. The van der Waals surface area contributed by atoms with Crippen LogP contribution in [0, 0.1) is 6.92 Å². The van der Waals surface area contributed by atoms with Crippen LogP contribution in [0.5, 0.6) is 0 Å². The molecule has 180 valence electrons. The largest absolute Gasteiger partial charge is 0.334 e. The molecule has 1 N–H and O–H groups in total. The molecule has 0 spiro atoms. The maximum absolute atomic E-state index is 13.9. The Balaban J connectivity index is 1.62. The Bertz CT molecular complexity index is 1420. The highest BCUT2D eigenvalue weighted by Gasteiger charge is 2.33. The average Bonchev–Trinajstić information content (AvgIpc) is 3.60. The number of nitrogens with zero attached hydrogens (tertiary/aromatic N) is 8. The summed E-state index contributed by atoms with van der Waals surface area (Å²) < 4.78 is 5.41. The van der Waals surface area contributed by atoms with Gasteiger partial charge in [-0.1, -0.05) is 37.6 Å². The molecular formula is C25H29N9O. The van der Waals surface area contributed by atoms with E-state index in [0.29, 0.717) is 18.8 Å². The number of hydrogen-bond donors (Lipinski definition) is 1. The fourth-order valence-corrected chi connectivity index (χ4v) is 4.78. The smallest absolute Gasteiger partial charge is 0.295 e. The summed E-state index contributed by atoms with van der Waals surface area (Å²) in [6.07, 6.45) is 13.2. The van der Waals surface area contributed by atoms with Gasteiger partial charge in [0.1, 0.15) is 5.82 Å². The molecule has 0 saturated heterocycles. The lowest BCUT2D eigenvalue weighted by molar-refractivity contribution is 0.438. The summed E-state index contributed by atoms with van der Waals surface area (Å²) >= 11 is 0. The Morgan fingerprint density at radius 2 is 2.14 bits per heavy atom. The molecule has 1 aliphatic rings. The number of aromatic nitrogens is 8. The third-order valence-corrected chi connectivity index (χ3v) is 6.68. The number of imidazole rings is 1. The SMILES string of the molecule is CCCCc1cn(-c2c(C)cnn2C)c(=O)n1CC1(c2cccc(-c3nn[nH]n3)c2)C=CN=CC1. The molecule has 0 saturated carbocycles. The molecule has 1 atom stereocenters. The molecule has 1 unspecified atom stereocenters. The van der Waals surface area contributed by atoms with E-state index in [2.05, 4.69) is 55.8 Å². The van der Waals surface area contributed by atoms with Crippen molar-refractivity contribution in [3.05, 3.63) is 76.2 Å². The topological polar surface area (TPSA) is 112 Å². The van der Waals surface area contributed by atoms with Crippen molar-refractivity contribution in [2.24, 2.45) is 12.0 Å². The quantitative estimate of drug-likeness (QED) is 0.424. The second-order valence-corrected chi connectivity index (χ2v) is 9.06. The minimum Gasteiger partial charge on any atom is -0.295 e. The fraction of sp³-hybridized carbons (Fsp3) is 0.360. The van der Waals surface area contributed by atoms with E-state index in [0.717, 1.165) is 47.5 Å². The first-order valence-electron chi connectivity index (χ1n) is 11.9. The normalized spacial score (nSPS) is 17.3. The Kier molecular flexibility index (Phi) is 6.02. The van der Waals surface area contributed by atoms with Crippen LogP contribution < -0.4 is 5.69 Å². The van der Waals surface area contributed by atoms with Gasteiger partial charge in [0.15, 0.2) is 0 Å². The molecule has 0 fully saturated rings. The van der Waals surface area contributed by atoms with Crippen LogP contribution in [-0.4, -0.2) is 45.8 Å². The molecular weight excluding hydrogens is 442 g/mol. The van der Waals surface area contributed by atoms with Crippen molar-refractivity contribution in [3.8, 4) is 17.2 Å². The molecule has 0 amide bonds. The number of H-pyrrole nitrogens is 1. The Hall–Kier alpha value is -4.08. The molecule has 10 nitrogen and oxygen atoms in total. The second kappa shape index (κ2) is 9.28. The van der Waals surface area contributed by atoms with E-state index in [9.17, 15) is 4.79 Å². The van der Waals surface area contributed by atoms with Crippen molar-refractivity contribution >= 4 is 6.21 Å². The third-order valence-electron chi connectivity index (χ3n) is 6.68. The van der Waals surface area contributed by atoms with Crippen LogP contribution >= 0.6 is 0 Å². The van der Waals surface area contributed by atoms with Gasteiger partial charge in [0.25, 0.3) is 0 Å².